The van der Waals surface area contributed by atoms with Crippen molar-refractivity contribution in [1.82, 2.24) is 20.6 Å². The van der Waals surface area contributed by atoms with Crippen molar-refractivity contribution in [1.29, 1.82) is 0 Å². The number of hydrogen-bond donors (Lipinski definition) is 4. The molecule has 0 saturated heterocycles. The Kier molecular flexibility index (Phi) is 9.45. The fraction of sp³-hybridized carbons (Fsp3) is 0.371. The first-order valence-electron chi connectivity index (χ1n) is 15.9. The van der Waals surface area contributed by atoms with Crippen LogP contribution in [-0.4, -0.2) is 69.6 Å². The van der Waals surface area contributed by atoms with Gasteiger partial charge in [-0.1, -0.05) is 6.07 Å². The number of nitrogens with zero attached hydrogens (tertiary/aromatic N) is 2. The first-order chi connectivity index (χ1) is 23.3. The van der Waals surface area contributed by atoms with Gasteiger partial charge in [-0.05, 0) is 81.1 Å². The van der Waals surface area contributed by atoms with E-state index >= 15 is 0 Å². The van der Waals surface area contributed by atoms with E-state index in [9.17, 15) is 37.4 Å². The van der Waals surface area contributed by atoms with Crippen molar-refractivity contribution in [2.45, 2.75) is 69.1 Å². The lowest BCUT2D eigenvalue weighted by molar-refractivity contribution is -0.265. The molecular weight excluding hydrogens is 648 g/mol. The van der Waals surface area contributed by atoms with E-state index in [-0.39, 0.29) is 46.9 Å². The van der Waals surface area contributed by atoms with Crippen molar-refractivity contribution in [2.24, 2.45) is 0 Å². The Morgan fingerprint density at radius 3 is 2.45 bits per heavy atom. The monoisotopic (exact) mass is 682 g/mol. The van der Waals surface area contributed by atoms with Gasteiger partial charge >= 0.3 is 6.18 Å². The van der Waals surface area contributed by atoms with E-state index in [0.717, 1.165) is 31.0 Å². The maximum Gasteiger partial charge on any atom is 0.424 e. The molecule has 4 N–H and O–H groups in total. The predicted octanol–water partition coefficient (Wildman–Crippen LogP) is 4.74. The number of alkyl halides is 3. The van der Waals surface area contributed by atoms with Crippen molar-refractivity contribution in [3.8, 4) is 22.8 Å². The summed E-state index contributed by atoms with van der Waals surface area (Å²) >= 11 is 0. The summed E-state index contributed by atoms with van der Waals surface area (Å²) in [7, 11) is 0. The summed E-state index contributed by atoms with van der Waals surface area (Å²) < 4.78 is 70.3. The van der Waals surface area contributed by atoms with Crippen LogP contribution in [0.4, 0.5) is 17.6 Å². The third kappa shape index (κ3) is 7.44. The van der Waals surface area contributed by atoms with E-state index in [1.807, 2.05) is 0 Å². The van der Waals surface area contributed by atoms with Crippen LogP contribution < -0.4 is 20.1 Å². The number of carbonyl (C=O) groups excluding carboxylic acids is 2. The van der Waals surface area contributed by atoms with Gasteiger partial charge in [0.1, 0.15) is 28.5 Å². The lowest BCUT2D eigenvalue weighted by Gasteiger charge is -2.32. The highest BCUT2D eigenvalue weighted by atomic mass is 19.4. The van der Waals surface area contributed by atoms with Gasteiger partial charge in [-0.25, -0.2) is 9.37 Å². The van der Waals surface area contributed by atoms with E-state index in [2.05, 4.69) is 20.6 Å². The number of benzene rings is 2. The van der Waals surface area contributed by atoms with Crippen LogP contribution >= 0.6 is 0 Å². The molecule has 2 heterocycles. The largest absolute Gasteiger partial charge is 0.491 e. The number of aromatic nitrogens is 2. The third-order valence-electron chi connectivity index (χ3n) is 8.43. The van der Waals surface area contributed by atoms with Gasteiger partial charge in [0, 0.05) is 34.3 Å². The number of fused-ring (bicyclic) bond motifs is 1. The second-order valence-electron chi connectivity index (χ2n) is 12.3. The Labute approximate surface area is 278 Å². The zero-order valence-electron chi connectivity index (χ0n) is 26.4. The van der Waals surface area contributed by atoms with Gasteiger partial charge in [0.15, 0.2) is 0 Å². The number of halogens is 4. The Bertz CT molecular complexity index is 1860. The quantitative estimate of drug-likeness (QED) is 0.157. The zero-order chi connectivity index (χ0) is 34.9. The topological polar surface area (TPSA) is 143 Å². The van der Waals surface area contributed by atoms with Gasteiger partial charge in [-0.3, -0.25) is 14.6 Å². The van der Waals surface area contributed by atoms with Crippen LogP contribution in [0.15, 0.2) is 60.8 Å². The van der Waals surface area contributed by atoms with Crippen molar-refractivity contribution in [3.63, 3.8) is 0 Å². The predicted molar refractivity (Wildman–Crippen MR) is 169 cm³/mol. The van der Waals surface area contributed by atoms with Crippen molar-refractivity contribution >= 4 is 22.7 Å². The van der Waals surface area contributed by atoms with Gasteiger partial charge < -0.3 is 30.3 Å². The molecule has 14 heteroatoms. The van der Waals surface area contributed by atoms with E-state index in [1.54, 1.807) is 25.3 Å². The Morgan fingerprint density at radius 2 is 1.80 bits per heavy atom. The molecule has 0 unspecified atom stereocenters. The Balaban J connectivity index is 1.37. The highest BCUT2D eigenvalue weighted by Gasteiger charge is 2.57. The average Bonchev–Trinajstić information content (AvgIpc) is 3.87. The number of carbonyl (C=O) groups is 2. The third-order valence-corrected chi connectivity index (χ3v) is 8.43. The summed E-state index contributed by atoms with van der Waals surface area (Å²) in [5, 5.41) is 26.5. The molecule has 2 aliphatic carbocycles. The normalized spacial score (nSPS) is 18.7. The van der Waals surface area contributed by atoms with Gasteiger partial charge in [-0.2, -0.15) is 13.2 Å². The van der Waals surface area contributed by atoms with Crippen LogP contribution in [0.25, 0.3) is 22.2 Å². The van der Waals surface area contributed by atoms with Crippen molar-refractivity contribution < 1.29 is 46.8 Å². The highest BCUT2D eigenvalue weighted by molar-refractivity contribution is 6.00. The van der Waals surface area contributed by atoms with Crippen LogP contribution in [0.2, 0.25) is 0 Å². The molecule has 0 bridgehead atoms. The first kappa shape index (κ1) is 34.1. The van der Waals surface area contributed by atoms with E-state index in [0.29, 0.717) is 29.5 Å². The molecule has 2 aliphatic rings. The summed E-state index contributed by atoms with van der Waals surface area (Å²) in [6, 6.07) is 11.6. The summed E-state index contributed by atoms with van der Waals surface area (Å²) in [6.45, 7) is 0.341. The standard InChI is InChI=1S/C35H34F4N4O6/c1-2-48-32-21(15-29(45)42-24-16-25(44)17-24)14-28(43-31(32)19-5-7-23(36)8-6-19)34(47,35(37,38)39)18-41-33(46)22-12-20-4-3-11-40-30(20)27(13-22)49-26-9-10-26/h3-8,11-14,24-26,44,47H,2,9-10,15-18H2,1H3,(H,41,46)(H,42,45)/t24-,25+,34-/m0/s1. The summed E-state index contributed by atoms with van der Waals surface area (Å²) in [5.41, 5.74) is -4.19. The number of rotatable bonds is 12. The van der Waals surface area contributed by atoms with Crippen LogP contribution in [0, 0.1) is 5.82 Å². The van der Waals surface area contributed by atoms with Crippen molar-refractivity contribution in [2.75, 3.05) is 13.2 Å². The minimum Gasteiger partial charge on any atom is -0.491 e. The molecule has 10 nitrogen and oxygen atoms in total. The van der Waals surface area contributed by atoms with Gasteiger partial charge in [0.2, 0.25) is 11.5 Å². The number of ether oxygens (including phenoxy) is 2. The maximum absolute atomic E-state index is 14.9. The molecule has 0 spiro atoms. The van der Waals surface area contributed by atoms with Crippen LogP contribution in [0.3, 0.4) is 0 Å². The first-order valence-corrected chi connectivity index (χ1v) is 15.9. The molecular formula is C35H34F4N4O6. The number of hydrogen-bond acceptors (Lipinski definition) is 8. The zero-order valence-corrected chi connectivity index (χ0v) is 26.4. The lowest BCUT2D eigenvalue weighted by atomic mass is 9.89. The minimum absolute atomic E-state index is 0.00852. The molecule has 2 aromatic heterocycles. The molecule has 2 aromatic carbocycles. The molecule has 4 aromatic rings. The summed E-state index contributed by atoms with van der Waals surface area (Å²) in [6.07, 6.45) is -2.54. The minimum atomic E-state index is -5.37. The molecule has 49 heavy (non-hydrogen) atoms. The highest BCUT2D eigenvalue weighted by Crippen LogP contribution is 2.42. The van der Waals surface area contributed by atoms with Crippen molar-refractivity contribution in [3.05, 3.63) is 83.4 Å². The Morgan fingerprint density at radius 1 is 1.06 bits per heavy atom. The van der Waals surface area contributed by atoms with Crippen LogP contribution in [-0.2, 0) is 16.8 Å². The van der Waals surface area contributed by atoms with E-state index in [4.69, 9.17) is 9.47 Å². The second-order valence-corrected chi connectivity index (χ2v) is 12.3. The summed E-state index contributed by atoms with van der Waals surface area (Å²) in [5.74, 6) is -1.79. The van der Waals surface area contributed by atoms with Gasteiger partial charge in [0.05, 0.1) is 37.5 Å². The lowest BCUT2D eigenvalue weighted by Crippen LogP contribution is -2.51. The maximum atomic E-state index is 14.9. The van der Waals surface area contributed by atoms with Crippen LogP contribution in [0.1, 0.15) is 54.2 Å². The molecule has 2 amide bonds. The number of nitrogens with one attached hydrogen (secondary N) is 2. The fourth-order valence-electron chi connectivity index (χ4n) is 5.59. The molecule has 0 radical (unpaired) electrons. The molecule has 258 valence electrons. The smallest absolute Gasteiger partial charge is 0.424 e. The molecule has 2 fully saturated rings. The molecule has 0 aliphatic heterocycles. The SMILES string of the molecule is CCOc1c(CC(=O)N[C@H]2C[C@@H](O)C2)cc([C@@](O)(CNC(=O)c2cc(OC3CC3)c3ncccc3c2)C(F)(F)F)nc1-c1ccc(F)cc1. The Hall–Kier alpha value is -4.82. The number of amides is 2. The number of pyridine rings is 2. The van der Waals surface area contributed by atoms with Crippen LogP contribution in [0.5, 0.6) is 11.5 Å². The molecule has 2 saturated carbocycles. The molecule has 6 rings (SSSR count). The van der Waals surface area contributed by atoms with Gasteiger partial charge in [0.25, 0.3) is 5.91 Å². The molecule has 1 atom stereocenters. The second kappa shape index (κ2) is 13.6. The fourth-order valence-corrected chi connectivity index (χ4v) is 5.59. The van der Waals surface area contributed by atoms with E-state index in [1.165, 1.54) is 24.3 Å². The van der Waals surface area contributed by atoms with E-state index < -0.39 is 54.2 Å². The van der Waals surface area contributed by atoms with Gasteiger partial charge in [-0.15, -0.1) is 0 Å². The number of aliphatic hydroxyl groups is 2. The summed E-state index contributed by atoms with van der Waals surface area (Å²) in [4.78, 5) is 34.9. The average molecular weight is 683 g/mol. The number of aliphatic hydroxyl groups excluding tert-OH is 1.